The molecular formula is C23H36ClN3O3S. The van der Waals surface area contributed by atoms with E-state index in [1.54, 1.807) is 11.1 Å². The lowest BCUT2D eigenvalue weighted by Crippen LogP contribution is -2.44. The van der Waals surface area contributed by atoms with Crippen LogP contribution in [0.3, 0.4) is 0 Å². The van der Waals surface area contributed by atoms with Crippen molar-refractivity contribution in [3.8, 4) is 0 Å². The summed E-state index contributed by atoms with van der Waals surface area (Å²) >= 11 is 0. The summed E-state index contributed by atoms with van der Waals surface area (Å²) in [7, 11) is -3.01. The molecule has 4 rings (SSSR count). The largest absolute Gasteiger partial charge is 0.367 e. The molecule has 2 heterocycles. The lowest BCUT2D eigenvalue weighted by Gasteiger charge is -2.40. The van der Waals surface area contributed by atoms with Crippen LogP contribution in [0.15, 0.2) is 6.20 Å². The summed E-state index contributed by atoms with van der Waals surface area (Å²) in [4.78, 5) is 19.6. The SMILES string of the molecule is CC1CC(Nc2ncc(C(=O)N3CCS(=O)(=O)CC3)c3c2CCCC3)CC(C)(C)C1.Cl. The van der Waals surface area contributed by atoms with Gasteiger partial charge in [-0.2, -0.15) is 0 Å². The highest BCUT2D eigenvalue weighted by Gasteiger charge is 2.33. The quantitative estimate of drug-likeness (QED) is 0.726. The number of fused-ring (bicyclic) bond motifs is 1. The van der Waals surface area contributed by atoms with Crippen LogP contribution in [0.4, 0.5) is 5.82 Å². The standard InChI is InChI=1S/C23H35N3O3S.ClH/c1-16-12-17(14-23(2,3)13-16)25-21-19-7-5-4-6-18(19)20(15-24-21)22(27)26-8-10-30(28,29)11-9-26;/h15-17H,4-14H2,1-3H3,(H,24,25);1H. The lowest BCUT2D eigenvalue weighted by molar-refractivity contribution is 0.0768. The molecule has 2 atom stereocenters. The van der Waals surface area contributed by atoms with Gasteiger partial charge in [-0.25, -0.2) is 13.4 Å². The number of rotatable bonds is 3. The molecule has 1 saturated heterocycles. The van der Waals surface area contributed by atoms with Gasteiger partial charge >= 0.3 is 0 Å². The number of anilines is 1. The van der Waals surface area contributed by atoms with E-state index in [1.165, 1.54) is 12.0 Å². The summed E-state index contributed by atoms with van der Waals surface area (Å²) in [6, 6.07) is 0.413. The van der Waals surface area contributed by atoms with Crippen LogP contribution in [0.2, 0.25) is 0 Å². The van der Waals surface area contributed by atoms with Crippen LogP contribution in [0, 0.1) is 11.3 Å². The van der Waals surface area contributed by atoms with Gasteiger partial charge in [0, 0.05) is 25.3 Å². The van der Waals surface area contributed by atoms with Crippen molar-refractivity contribution >= 4 is 34.0 Å². The molecule has 0 bridgehead atoms. The average molecular weight is 470 g/mol. The molecule has 6 nitrogen and oxygen atoms in total. The van der Waals surface area contributed by atoms with Gasteiger partial charge in [0.15, 0.2) is 9.84 Å². The summed E-state index contributed by atoms with van der Waals surface area (Å²) in [5.41, 5.74) is 3.33. The number of hydrogen-bond donors (Lipinski definition) is 1. The maximum atomic E-state index is 13.2. The first kappa shape index (κ1) is 24.3. The highest BCUT2D eigenvalue weighted by atomic mass is 35.5. The highest BCUT2D eigenvalue weighted by Crippen LogP contribution is 2.40. The Morgan fingerprint density at radius 1 is 1.13 bits per heavy atom. The molecule has 2 aliphatic carbocycles. The minimum Gasteiger partial charge on any atom is -0.367 e. The second kappa shape index (κ2) is 9.26. The van der Waals surface area contributed by atoms with Crippen molar-refractivity contribution in [1.82, 2.24) is 9.88 Å². The molecule has 1 saturated carbocycles. The van der Waals surface area contributed by atoms with E-state index in [0.29, 0.717) is 22.9 Å². The molecule has 8 heteroatoms. The van der Waals surface area contributed by atoms with E-state index in [1.807, 2.05) is 0 Å². The fourth-order valence-corrected chi connectivity index (χ4v) is 6.99. The number of carbonyl (C=O) groups excluding carboxylic acids is 1. The summed E-state index contributed by atoms with van der Waals surface area (Å²) in [5, 5.41) is 3.74. The van der Waals surface area contributed by atoms with Gasteiger partial charge < -0.3 is 10.2 Å². The fraction of sp³-hybridized carbons (Fsp3) is 0.739. The Hall–Kier alpha value is -1.34. The fourth-order valence-electron chi connectivity index (χ4n) is 5.79. The number of aromatic nitrogens is 1. The predicted molar refractivity (Wildman–Crippen MR) is 127 cm³/mol. The highest BCUT2D eigenvalue weighted by molar-refractivity contribution is 7.91. The molecule has 0 aromatic carbocycles. The molecule has 1 aromatic rings. The molecule has 3 aliphatic rings. The summed E-state index contributed by atoms with van der Waals surface area (Å²) in [5.74, 6) is 1.71. The Morgan fingerprint density at radius 3 is 2.42 bits per heavy atom. The smallest absolute Gasteiger partial charge is 0.255 e. The Bertz CT molecular complexity index is 918. The predicted octanol–water partition coefficient (Wildman–Crippen LogP) is 3.88. The average Bonchev–Trinajstić information content (AvgIpc) is 2.66. The number of amides is 1. The molecular weight excluding hydrogens is 434 g/mol. The van der Waals surface area contributed by atoms with Crippen LogP contribution in [0.1, 0.15) is 74.4 Å². The van der Waals surface area contributed by atoms with Crippen molar-refractivity contribution < 1.29 is 13.2 Å². The van der Waals surface area contributed by atoms with E-state index in [4.69, 9.17) is 4.98 Å². The number of hydrogen-bond acceptors (Lipinski definition) is 5. The van der Waals surface area contributed by atoms with Crippen molar-refractivity contribution in [2.45, 2.75) is 71.8 Å². The van der Waals surface area contributed by atoms with Gasteiger partial charge in [0.25, 0.3) is 5.91 Å². The van der Waals surface area contributed by atoms with Crippen LogP contribution in [-0.4, -0.2) is 54.8 Å². The zero-order valence-electron chi connectivity index (χ0n) is 18.9. The van der Waals surface area contributed by atoms with Gasteiger partial charge in [0.2, 0.25) is 0 Å². The molecule has 174 valence electrons. The van der Waals surface area contributed by atoms with Gasteiger partial charge in [-0.3, -0.25) is 4.79 Å². The summed E-state index contributed by atoms with van der Waals surface area (Å²) in [6.07, 6.45) is 9.33. The maximum Gasteiger partial charge on any atom is 0.255 e. The Morgan fingerprint density at radius 2 is 1.77 bits per heavy atom. The van der Waals surface area contributed by atoms with Crippen molar-refractivity contribution in [3.05, 3.63) is 22.9 Å². The van der Waals surface area contributed by atoms with Crippen molar-refractivity contribution in [1.29, 1.82) is 0 Å². The molecule has 2 unspecified atom stereocenters. The third kappa shape index (κ3) is 5.54. The topological polar surface area (TPSA) is 79.4 Å². The third-order valence-electron chi connectivity index (χ3n) is 6.99. The first-order valence-electron chi connectivity index (χ1n) is 11.4. The van der Waals surface area contributed by atoms with E-state index in [0.717, 1.165) is 49.9 Å². The van der Waals surface area contributed by atoms with Crippen LogP contribution in [-0.2, 0) is 22.7 Å². The Labute approximate surface area is 192 Å². The number of nitrogens with one attached hydrogen (secondary N) is 1. The van der Waals surface area contributed by atoms with E-state index < -0.39 is 9.84 Å². The van der Waals surface area contributed by atoms with Crippen molar-refractivity contribution in [2.75, 3.05) is 29.9 Å². The lowest BCUT2D eigenvalue weighted by atomic mass is 9.70. The van der Waals surface area contributed by atoms with Crippen LogP contribution < -0.4 is 5.32 Å². The summed E-state index contributed by atoms with van der Waals surface area (Å²) < 4.78 is 23.5. The maximum absolute atomic E-state index is 13.2. The molecule has 0 radical (unpaired) electrons. The van der Waals surface area contributed by atoms with Crippen LogP contribution in [0.5, 0.6) is 0 Å². The van der Waals surface area contributed by atoms with Crippen molar-refractivity contribution in [3.63, 3.8) is 0 Å². The van der Waals surface area contributed by atoms with Crippen molar-refractivity contribution in [2.24, 2.45) is 11.3 Å². The number of halogens is 1. The van der Waals surface area contributed by atoms with Gasteiger partial charge in [0.1, 0.15) is 5.82 Å². The first-order chi connectivity index (χ1) is 14.1. The van der Waals surface area contributed by atoms with Gasteiger partial charge in [-0.15, -0.1) is 12.4 Å². The molecule has 1 amide bonds. The number of carbonyl (C=O) groups is 1. The van der Waals surface area contributed by atoms with Gasteiger partial charge in [-0.1, -0.05) is 20.8 Å². The molecule has 1 aliphatic heterocycles. The number of nitrogens with zero attached hydrogens (tertiary/aromatic N) is 2. The van der Waals surface area contributed by atoms with E-state index >= 15 is 0 Å². The minimum atomic E-state index is -3.01. The second-order valence-electron chi connectivity index (χ2n) is 10.4. The monoisotopic (exact) mass is 469 g/mol. The van der Waals surface area contributed by atoms with E-state index in [2.05, 4.69) is 26.1 Å². The van der Waals surface area contributed by atoms with E-state index in [-0.39, 0.29) is 42.9 Å². The minimum absolute atomic E-state index is 0. The molecule has 2 fully saturated rings. The van der Waals surface area contributed by atoms with Crippen LogP contribution >= 0.6 is 12.4 Å². The molecule has 1 aromatic heterocycles. The number of sulfone groups is 1. The second-order valence-corrected chi connectivity index (χ2v) is 12.7. The molecule has 1 N–H and O–H groups in total. The molecule has 31 heavy (non-hydrogen) atoms. The van der Waals surface area contributed by atoms with Gasteiger partial charge in [-0.05, 0) is 67.4 Å². The number of pyridine rings is 1. The summed E-state index contributed by atoms with van der Waals surface area (Å²) in [6.45, 7) is 7.59. The molecule has 0 spiro atoms. The van der Waals surface area contributed by atoms with Crippen LogP contribution in [0.25, 0.3) is 0 Å². The van der Waals surface area contributed by atoms with E-state index in [9.17, 15) is 13.2 Å². The normalized spacial score (nSPS) is 27.0. The zero-order chi connectivity index (χ0) is 21.5. The zero-order valence-corrected chi connectivity index (χ0v) is 20.6. The Kier molecular flexibility index (Phi) is 7.26. The van der Waals surface area contributed by atoms with Gasteiger partial charge in [0.05, 0.1) is 17.1 Å². The third-order valence-corrected chi connectivity index (χ3v) is 8.60. The Balaban J connectivity index is 0.00000272. The first-order valence-corrected chi connectivity index (χ1v) is 13.2.